The van der Waals surface area contributed by atoms with Gasteiger partial charge in [0.25, 0.3) is 0 Å². The van der Waals surface area contributed by atoms with Crippen LogP contribution in [0.2, 0.25) is 0 Å². The molecule has 0 spiro atoms. The van der Waals surface area contributed by atoms with Gasteiger partial charge >= 0.3 is 0 Å². The van der Waals surface area contributed by atoms with Gasteiger partial charge < -0.3 is 15.4 Å². The first kappa shape index (κ1) is 15.4. The number of halogens is 1. The fraction of sp³-hybridized carbons (Fsp3) is 0.625. The standard InChI is InChI=1S/C16H25FN2O/c1-19(12-15-7-2-3-10-20-15)9-8-16(18)13-5-4-6-14(17)11-13/h4-6,11,15-16H,2-3,7-10,12,18H2,1H3. The summed E-state index contributed by atoms with van der Waals surface area (Å²) < 4.78 is 18.9. The SMILES string of the molecule is CN(CCC(N)c1cccc(F)c1)CC1CCCCO1. The fourth-order valence-electron chi connectivity index (χ4n) is 2.65. The third-order valence-corrected chi connectivity index (χ3v) is 3.89. The largest absolute Gasteiger partial charge is 0.377 e. The van der Waals surface area contributed by atoms with E-state index < -0.39 is 0 Å². The molecule has 20 heavy (non-hydrogen) atoms. The van der Waals surface area contributed by atoms with Crippen molar-refractivity contribution in [2.24, 2.45) is 5.73 Å². The van der Waals surface area contributed by atoms with Crippen molar-refractivity contribution in [3.63, 3.8) is 0 Å². The Morgan fingerprint density at radius 3 is 3.00 bits per heavy atom. The molecule has 3 nitrogen and oxygen atoms in total. The second-order valence-electron chi connectivity index (χ2n) is 5.70. The molecule has 4 heteroatoms. The Labute approximate surface area is 120 Å². The van der Waals surface area contributed by atoms with E-state index in [1.165, 1.54) is 25.0 Å². The molecule has 0 amide bonds. The molecule has 2 rings (SSSR count). The van der Waals surface area contributed by atoms with Crippen molar-refractivity contribution < 1.29 is 9.13 Å². The molecule has 0 saturated carbocycles. The topological polar surface area (TPSA) is 38.5 Å². The van der Waals surface area contributed by atoms with Gasteiger partial charge in [-0.3, -0.25) is 0 Å². The average molecular weight is 280 g/mol. The number of hydrogen-bond donors (Lipinski definition) is 1. The minimum atomic E-state index is -0.220. The molecule has 2 N–H and O–H groups in total. The highest BCUT2D eigenvalue weighted by Gasteiger charge is 2.16. The Morgan fingerprint density at radius 1 is 1.45 bits per heavy atom. The highest BCUT2D eigenvalue weighted by Crippen LogP contribution is 2.17. The molecular formula is C16H25FN2O. The Morgan fingerprint density at radius 2 is 2.30 bits per heavy atom. The lowest BCUT2D eigenvalue weighted by Gasteiger charge is -2.28. The molecule has 1 fully saturated rings. The fourth-order valence-corrected chi connectivity index (χ4v) is 2.65. The van der Waals surface area contributed by atoms with Crippen LogP contribution in [0.3, 0.4) is 0 Å². The van der Waals surface area contributed by atoms with Crippen molar-refractivity contribution in [2.45, 2.75) is 37.8 Å². The van der Waals surface area contributed by atoms with E-state index in [0.29, 0.717) is 6.10 Å². The van der Waals surface area contributed by atoms with E-state index in [9.17, 15) is 4.39 Å². The van der Waals surface area contributed by atoms with Crippen LogP contribution >= 0.6 is 0 Å². The summed E-state index contributed by atoms with van der Waals surface area (Å²) in [6.07, 6.45) is 4.79. The van der Waals surface area contributed by atoms with Crippen molar-refractivity contribution in [1.29, 1.82) is 0 Å². The Balaban J connectivity index is 1.73. The highest BCUT2D eigenvalue weighted by molar-refractivity contribution is 5.19. The van der Waals surface area contributed by atoms with Gasteiger partial charge in [0.05, 0.1) is 6.10 Å². The number of benzene rings is 1. The van der Waals surface area contributed by atoms with Crippen molar-refractivity contribution in [3.05, 3.63) is 35.6 Å². The number of nitrogens with zero attached hydrogens (tertiary/aromatic N) is 1. The van der Waals surface area contributed by atoms with Crippen LogP contribution in [-0.4, -0.2) is 37.7 Å². The molecule has 0 radical (unpaired) electrons. The van der Waals surface area contributed by atoms with Gasteiger partial charge in [-0.05, 0) is 57.0 Å². The molecule has 1 heterocycles. The monoisotopic (exact) mass is 280 g/mol. The second-order valence-corrected chi connectivity index (χ2v) is 5.70. The summed E-state index contributed by atoms with van der Waals surface area (Å²) in [6.45, 7) is 2.74. The van der Waals surface area contributed by atoms with Gasteiger partial charge in [-0.2, -0.15) is 0 Å². The molecule has 112 valence electrons. The number of likely N-dealkylation sites (N-methyl/N-ethyl adjacent to an activating group) is 1. The van der Waals surface area contributed by atoms with Gasteiger partial charge in [0, 0.05) is 19.2 Å². The number of nitrogens with two attached hydrogens (primary N) is 1. The van der Waals surface area contributed by atoms with Crippen LogP contribution in [0.1, 0.15) is 37.3 Å². The van der Waals surface area contributed by atoms with Gasteiger partial charge in [-0.1, -0.05) is 12.1 Å². The first-order valence-electron chi connectivity index (χ1n) is 7.46. The summed E-state index contributed by atoms with van der Waals surface area (Å²) in [5, 5.41) is 0. The number of hydrogen-bond acceptors (Lipinski definition) is 3. The maximum absolute atomic E-state index is 13.2. The van der Waals surface area contributed by atoms with Crippen LogP contribution in [0.15, 0.2) is 24.3 Å². The summed E-state index contributed by atoms with van der Waals surface area (Å²) in [4.78, 5) is 2.26. The number of rotatable bonds is 6. The quantitative estimate of drug-likeness (QED) is 0.870. The van der Waals surface area contributed by atoms with E-state index >= 15 is 0 Å². The summed E-state index contributed by atoms with van der Waals surface area (Å²) in [5.74, 6) is -0.220. The van der Waals surface area contributed by atoms with E-state index in [0.717, 1.165) is 38.1 Å². The van der Waals surface area contributed by atoms with Crippen molar-refractivity contribution >= 4 is 0 Å². The molecule has 0 aliphatic carbocycles. The minimum absolute atomic E-state index is 0.111. The molecule has 0 aromatic heterocycles. The van der Waals surface area contributed by atoms with Gasteiger partial charge in [0.2, 0.25) is 0 Å². The normalized spacial score (nSPS) is 21.1. The van der Waals surface area contributed by atoms with Gasteiger partial charge in [0.1, 0.15) is 5.82 Å². The molecule has 1 aliphatic rings. The molecule has 1 aromatic rings. The van der Waals surface area contributed by atoms with E-state index in [2.05, 4.69) is 11.9 Å². The minimum Gasteiger partial charge on any atom is -0.377 e. The van der Waals surface area contributed by atoms with E-state index in [1.807, 2.05) is 6.07 Å². The van der Waals surface area contributed by atoms with Gasteiger partial charge in [0.15, 0.2) is 0 Å². The molecule has 1 aliphatic heterocycles. The predicted molar refractivity (Wildman–Crippen MR) is 79.0 cm³/mol. The van der Waals surface area contributed by atoms with E-state index in [-0.39, 0.29) is 11.9 Å². The van der Waals surface area contributed by atoms with E-state index in [1.54, 1.807) is 6.07 Å². The van der Waals surface area contributed by atoms with Crippen LogP contribution in [0.5, 0.6) is 0 Å². The lowest BCUT2D eigenvalue weighted by Crippen LogP contribution is -2.34. The maximum atomic E-state index is 13.2. The zero-order valence-electron chi connectivity index (χ0n) is 12.2. The molecule has 1 aromatic carbocycles. The van der Waals surface area contributed by atoms with Gasteiger partial charge in [-0.15, -0.1) is 0 Å². The Kier molecular flexibility index (Phi) is 5.95. The lowest BCUT2D eigenvalue weighted by molar-refractivity contribution is -0.00175. The maximum Gasteiger partial charge on any atom is 0.123 e. The van der Waals surface area contributed by atoms with Gasteiger partial charge in [-0.25, -0.2) is 4.39 Å². The van der Waals surface area contributed by atoms with Crippen molar-refractivity contribution in [2.75, 3.05) is 26.7 Å². The summed E-state index contributed by atoms with van der Waals surface area (Å²) in [5.41, 5.74) is 6.99. The predicted octanol–water partition coefficient (Wildman–Crippen LogP) is 2.72. The van der Waals surface area contributed by atoms with Crippen LogP contribution < -0.4 is 5.73 Å². The third-order valence-electron chi connectivity index (χ3n) is 3.89. The van der Waals surface area contributed by atoms with Crippen LogP contribution in [0.25, 0.3) is 0 Å². The lowest BCUT2D eigenvalue weighted by atomic mass is 10.0. The highest BCUT2D eigenvalue weighted by atomic mass is 19.1. The first-order chi connectivity index (χ1) is 9.65. The van der Waals surface area contributed by atoms with Crippen LogP contribution in [0, 0.1) is 5.82 Å². The van der Waals surface area contributed by atoms with E-state index in [4.69, 9.17) is 10.5 Å². The smallest absolute Gasteiger partial charge is 0.123 e. The second kappa shape index (κ2) is 7.72. The third kappa shape index (κ3) is 4.85. The Hall–Kier alpha value is -0.970. The summed E-state index contributed by atoms with van der Waals surface area (Å²) >= 11 is 0. The molecule has 2 atom stereocenters. The number of ether oxygens (including phenoxy) is 1. The average Bonchev–Trinajstić information content (AvgIpc) is 2.46. The molecule has 0 bridgehead atoms. The van der Waals surface area contributed by atoms with Crippen LogP contribution in [0.4, 0.5) is 4.39 Å². The summed E-state index contributed by atoms with van der Waals surface area (Å²) in [7, 11) is 2.09. The van der Waals surface area contributed by atoms with Crippen LogP contribution in [-0.2, 0) is 4.74 Å². The van der Waals surface area contributed by atoms with Crippen molar-refractivity contribution in [3.8, 4) is 0 Å². The summed E-state index contributed by atoms with van der Waals surface area (Å²) in [6, 6.07) is 6.46. The van der Waals surface area contributed by atoms with Crippen molar-refractivity contribution in [1.82, 2.24) is 4.90 Å². The molecular weight excluding hydrogens is 255 g/mol. The zero-order valence-corrected chi connectivity index (χ0v) is 12.2. The Bertz CT molecular complexity index is 407. The molecule has 2 unspecified atom stereocenters. The first-order valence-corrected chi connectivity index (χ1v) is 7.46. The zero-order chi connectivity index (χ0) is 14.4. The molecule has 1 saturated heterocycles.